The molecule has 0 spiro atoms. The lowest BCUT2D eigenvalue weighted by Crippen LogP contribution is -1.95. The first-order valence-corrected chi connectivity index (χ1v) is 3.48. The van der Waals surface area contributed by atoms with Gasteiger partial charge in [-0.05, 0) is 18.2 Å². The molecule has 1 heterocycles. The van der Waals surface area contributed by atoms with Crippen molar-refractivity contribution < 1.29 is 9.84 Å². The molecule has 1 aromatic rings. The zero-order valence-corrected chi connectivity index (χ0v) is 5.91. The second-order valence-electron chi connectivity index (χ2n) is 2.43. The van der Waals surface area contributed by atoms with Crippen LogP contribution in [0.2, 0.25) is 0 Å². The minimum atomic E-state index is 0.0619. The van der Waals surface area contributed by atoms with Gasteiger partial charge in [0, 0.05) is 12.0 Å². The zero-order valence-electron chi connectivity index (χ0n) is 5.91. The highest BCUT2D eigenvalue weighted by Crippen LogP contribution is 2.30. The van der Waals surface area contributed by atoms with E-state index in [-0.39, 0.29) is 5.75 Å². The third-order valence-corrected chi connectivity index (χ3v) is 1.70. The molecule has 1 radical (unpaired) electrons. The van der Waals surface area contributed by atoms with Crippen LogP contribution in [0.1, 0.15) is 5.56 Å². The van der Waals surface area contributed by atoms with Gasteiger partial charge in [0.2, 0.25) is 0 Å². The van der Waals surface area contributed by atoms with Crippen molar-refractivity contribution in [1.82, 2.24) is 0 Å². The predicted molar refractivity (Wildman–Crippen MR) is 40.0 cm³/mol. The van der Waals surface area contributed by atoms with Gasteiger partial charge in [-0.25, -0.2) is 0 Å². The Hall–Kier alpha value is -1.44. The van der Waals surface area contributed by atoms with E-state index in [2.05, 4.69) is 0 Å². The Labute approximate surface area is 64.7 Å². The summed E-state index contributed by atoms with van der Waals surface area (Å²) in [6.45, 7) is 0. The van der Waals surface area contributed by atoms with Crippen LogP contribution in [-0.4, -0.2) is 0 Å². The molecule has 0 fully saturated rings. The smallest absolute Gasteiger partial charge is 0.185 e. The molecule has 1 aliphatic heterocycles. The van der Waals surface area contributed by atoms with E-state index in [1.54, 1.807) is 24.5 Å². The Morgan fingerprint density at radius 3 is 3.09 bits per heavy atom. The van der Waals surface area contributed by atoms with E-state index < -0.39 is 0 Å². The summed E-state index contributed by atoms with van der Waals surface area (Å²) in [5.41, 5.74) is 0.759. The SMILES string of the molecule is [O]c1cccc2c1CC=CO2. The fourth-order valence-corrected chi connectivity index (χ4v) is 1.14. The third-order valence-electron chi connectivity index (χ3n) is 1.70. The number of fused-ring (bicyclic) bond motifs is 1. The first-order valence-electron chi connectivity index (χ1n) is 3.48. The molecule has 0 amide bonds. The summed E-state index contributed by atoms with van der Waals surface area (Å²) in [5, 5.41) is 11.1. The van der Waals surface area contributed by atoms with Gasteiger partial charge >= 0.3 is 0 Å². The first kappa shape index (κ1) is 6.28. The lowest BCUT2D eigenvalue weighted by Gasteiger charge is -2.10. The second-order valence-corrected chi connectivity index (χ2v) is 2.43. The lowest BCUT2D eigenvalue weighted by molar-refractivity contribution is 0.344. The van der Waals surface area contributed by atoms with Gasteiger partial charge in [-0.2, -0.15) is 0 Å². The fourth-order valence-electron chi connectivity index (χ4n) is 1.14. The van der Waals surface area contributed by atoms with Crippen LogP contribution < -0.4 is 4.74 Å². The number of hydrogen-bond donors (Lipinski definition) is 0. The molecule has 0 N–H and O–H groups in total. The molecule has 0 bridgehead atoms. The average molecular weight is 147 g/mol. The molecule has 0 atom stereocenters. The highest BCUT2D eigenvalue weighted by Gasteiger charge is 2.10. The van der Waals surface area contributed by atoms with Crippen molar-refractivity contribution in [3.63, 3.8) is 0 Å². The van der Waals surface area contributed by atoms with E-state index in [4.69, 9.17) is 4.74 Å². The Morgan fingerprint density at radius 2 is 2.27 bits per heavy atom. The van der Waals surface area contributed by atoms with Crippen LogP contribution in [0.15, 0.2) is 30.5 Å². The highest BCUT2D eigenvalue weighted by molar-refractivity contribution is 5.46. The quantitative estimate of drug-likeness (QED) is 0.553. The van der Waals surface area contributed by atoms with Crippen molar-refractivity contribution in [2.45, 2.75) is 6.42 Å². The summed E-state index contributed by atoms with van der Waals surface area (Å²) in [6.07, 6.45) is 4.14. The molecule has 0 aromatic heterocycles. The molecule has 11 heavy (non-hydrogen) atoms. The van der Waals surface area contributed by atoms with Gasteiger partial charge in [-0.15, -0.1) is 0 Å². The number of allylic oxidation sites excluding steroid dienone is 1. The Kier molecular flexibility index (Phi) is 1.32. The largest absolute Gasteiger partial charge is 0.465 e. The van der Waals surface area contributed by atoms with Crippen LogP contribution in [-0.2, 0) is 11.5 Å². The van der Waals surface area contributed by atoms with E-state index in [1.807, 2.05) is 6.08 Å². The van der Waals surface area contributed by atoms with Gasteiger partial charge in [0.1, 0.15) is 5.75 Å². The lowest BCUT2D eigenvalue weighted by atomic mass is 10.1. The standard InChI is InChI=1S/C9H7O2/c10-8-4-1-5-9-7(8)3-2-6-11-9/h1-2,4-6H,3H2. The molecule has 0 saturated heterocycles. The molecular formula is C9H7O2. The molecule has 2 rings (SSSR count). The summed E-state index contributed by atoms with van der Waals surface area (Å²) < 4.78 is 5.12. The van der Waals surface area contributed by atoms with E-state index in [9.17, 15) is 5.11 Å². The van der Waals surface area contributed by atoms with Crippen molar-refractivity contribution in [3.8, 4) is 11.5 Å². The summed E-state index contributed by atoms with van der Waals surface area (Å²) in [7, 11) is 0. The summed E-state index contributed by atoms with van der Waals surface area (Å²) in [6, 6.07) is 5.07. The molecule has 0 unspecified atom stereocenters. The maximum atomic E-state index is 11.1. The number of benzene rings is 1. The number of hydrogen-bond acceptors (Lipinski definition) is 1. The number of rotatable bonds is 0. The van der Waals surface area contributed by atoms with Crippen molar-refractivity contribution in [3.05, 3.63) is 36.1 Å². The summed E-state index contributed by atoms with van der Waals surface area (Å²) in [5.74, 6) is 0.756. The first-order chi connectivity index (χ1) is 5.38. The van der Waals surface area contributed by atoms with Crippen molar-refractivity contribution >= 4 is 0 Å². The van der Waals surface area contributed by atoms with Gasteiger partial charge in [0.25, 0.3) is 0 Å². The van der Waals surface area contributed by atoms with Gasteiger partial charge in [-0.1, -0.05) is 6.07 Å². The Balaban J connectivity index is 2.54. The van der Waals surface area contributed by atoms with E-state index in [0.29, 0.717) is 12.2 Å². The topological polar surface area (TPSA) is 29.1 Å². The Bertz CT molecular complexity index is 302. The van der Waals surface area contributed by atoms with Crippen LogP contribution in [0.25, 0.3) is 0 Å². The molecule has 2 heteroatoms. The van der Waals surface area contributed by atoms with Crippen LogP contribution in [0.3, 0.4) is 0 Å². The zero-order chi connectivity index (χ0) is 7.68. The van der Waals surface area contributed by atoms with Gasteiger partial charge in [0.15, 0.2) is 5.75 Å². The van der Waals surface area contributed by atoms with Crippen LogP contribution in [0, 0.1) is 0 Å². The maximum Gasteiger partial charge on any atom is 0.185 e. The molecule has 55 valence electrons. The minimum Gasteiger partial charge on any atom is -0.465 e. The van der Waals surface area contributed by atoms with Gasteiger partial charge < -0.3 is 4.74 Å². The molecule has 1 aliphatic rings. The molecule has 1 aromatic carbocycles. The van der Waals surface area contributed by atoms with Gasteiger partial charge in [0.05, 0.1) is 6.26 Å². The number of ether oxygens (including phenoxy) is 1. The molecule has 0 aliphatic carbocycles. The summed E-state index contributed by atoms with van der Waals surface area (Å²) >= 11 is 0. The highest BCUT2D eigenvalue weighted by atomic mass is 16.5. The van der Waals surface area contributed by atoms with Crippen LogP contribution in [0.5, 0.6) is 11.5 Å². The average Bonchev–Trinajstić information content (AvgIpc) is 2.06. The van der Waals surface area contributed by atoms with Crippen molar-refractivity contribution in [2.24, 2.45) is 0 Å². The van der Waals surface area contributed by atoms with Gasteiger partial charge in [-0.3, -0.25) is 5.11 Å². The van der Waals surface area contributed by atoms with E-state index in [0.717, 1.165) is 5.56 Å². The maximum absolute atomic E-state index is 11.1. The fraction of sp³-hybridized carbons (Fsp3) is 0.111. The molecular weight excluding hydrogens is 140 g/mol. The summed E-state index contributed by atoms with van der Waals surface area (Å²) in [4.78, 5) is 0. The Morgan fingerprint density at radius 1 is 1.36 bits per heavy atom. The van der Waals surface area contributed by atoms with Crippen molar-refractivity contribution in [1.29, 1.82) is 0 Å². The van der Waals surface area contributed by atoms with Crippen LogP contribution in [0.4, 0.5) is 0 Å². The molecule has 0 saturated carbocycles. The van der Waals surface area contributed by atoms with E-state index >= 15 is 0 Å². The second kappa shape index (κ2) is 2.31. The molecule has 2 nitrogen and oxygen atoms in total. The predicted octanol–water partition coefficient (Wildman–Crippen LogP) is 2.28. The van der Waals surface area contributed by atoms with Crippen molar-refractivity contribution in [2.75, 3.05) is 0 Å². The minimum absolute atomic E-state index is 0.0619. The van der Waals surface area contributed by atoms with E-state index in [1.165, 1.54) is 0 Å². The monoisotopic (exact) mass is 147 g/mol. The van der Waals surface area contributed by atoms with Crippen LogP contribution >= 0.6 is 0 Å². The normalized spacial score (nSPS) is 13.8. The third kappa shape index (κ3) is 0.963.